The fraction of sp³-hybridized carbons (Fsp3) is 0.486. The molecule has 1 aliphatic carbocycles. The van der Waals surface area contributed by atoms with E-state index in [1.807, 2.05) is 0 Å². The minimum atomic E-state index is -0.147. The van der Waals surface area contributed by atoms with E-state index in [-0.39, 0.29) is 16.2 Å². The lowest BCUT2D eigenvalue weighted by atomic mass is 9.67. The number of aromatic hydroxyl groups is 1. The van der Waals surface area contributed by atoms with Crippen LogP contribution in [0.25, 0.3) is 22.3 Å². The minimum Gasteiger partial charge on any atom is -0.507 e. The van der Waals surface area contributed by atoms with E-state index in [0.29, 0.717) is 17.6 Å². The van der Waals surface area contributed by atoms with Crippen molar-refractivity contribution in [3.63, 3.8) is 0 Å². The number of hydrogen-bond donors (Lipinski definition) is 1. The summed E-state index contributed by atoms with van der Waals surface area (Å²) in [6.45, 7) is 22.7. The van der Waals surface area contributed by atoms with Crippen LogP contribution < -0.4 is 0 Å². The number of phenols is 1. The van der Waals surface area contributed by atoms with Gasteiger partial charge in [-0.15, -0.1) is 0 Å². The van der Waals surface area contributed by atoms with Crippen LogP contribution in [0.4, 0.5) is 0 Å². The maximum atomic E-state index is 11.6. The summed E-state index contributed by atoms with van der Waals surface area (Å²) in [5.74, 6) is 1.58. The zero-order chi connectivity index (χ0) is 26.6. The molecule has 4 rings (SSSR count). The Labute approximate surface area is 220 Å². The Kier molecular flexibility index (Phi) is 6.69. The molecule has 0 saturated heterocycles. The third-order valence-electron chi connectivity index (χ3n) is 7.88. The first-order valence-electron chi connectivity index (χ1n) is 13.8. The van der Waals surface area contributed by atoms with Crippen molar-refractivity contribution >= 4 is 0 Å². The van der Waals surface area contributed by atoms with Gasteiger partial charge in [0.2, 0.25) is 0 Å². The van der Waals surface area contributed by atoms with Gasteiger partial charge in [-0.25, -0.2) is 0 Å². The Morgan fingerprint density at radius 3 is 1.81 bits per heavy atom. The Balaban J connectivity index is 2.02. The van der Waals surface area contributed by atoms with Crippen LogP contribution in [0.3, 0.4) is 0 Å². The Morgan fingerprint density at radius 2 is 1.25 bits per heavy atom. The molecule has 192 valence electrons. The van der Waals surface area contributed by atoms with Gasteiger partial charge in [0, 0.05) is 16.5 Å². The first-order chi connectivity index (χ1) is 16.6. The van der Waals surface area contributed by atoms with Crippen LogP contribution in [-0.2, 0) is 16.2 Å². The van der Waals surface area contributed by atoms with E-state index in [1.165, 1.54) is 27.8 Å². The molecular weight excluding hydrogens is 436 g/mol. The molecule has 0 radical (unpaired) electrons. The van der Waals surface area contributed by atoms with Gasteiger partial charge in [-0.3, -0.25) is 0 Å². The summed E-state index contributed by atoms with van der Waals surface area (Å²) < 4.78 is 0. The van der Waals surface area contributed by atoms with Crippen molar-refractivity contribution in [2.45, 2.75) is 98.3 Å². The topological polar surface area (TPSA) is 20.2 Å². The highest BCUT2D eigenvalue weighted by atomic mass is 16.3. The summed E-state index contributed by atoms with van der Waals surface area (Å²) in [5, 5.41) is 11.6. The summed E-state index contributed by atoms with van der Waals surface area (Å²) in [7, 11) is 0. The second-order valence-corrected chi connectivity index (χ2v) is 14.0. The van der Waals surface area contributed by atoms with Crippen LogP contribution in [-0.4, -0.2) is 5.11 Å². The van der Waals surface area contributed by atoms with Gasteiger partial charge in [-0.2, -0.15) is 0 Å². The Hall–Kier alpha value is -2.54. The number of benzene rings is 3. The third-order valence-corrected chi connectivity index (χ3v) is 7.88. The van der Waals surface area contributed by atoms with E-state index in [9.17, 15) is 5.11 Å². The van der Waals surface area contributed by atoms with Crippen molar-refractivity contribution in [3.05, 3.63) is 76.9 Å². The molecule has 36 heavy (non-hydrogen) atoms. The fourth-order valence-corrected chi connectivity index (χ4v) is 6.40. The molecule has 0 atom stereocenters. The smallest absolute Gasteiger partial charge is 0.127 e. The molecule has 0 heterocycles. The lowest BCUT2D eigenvalue weighted by molar-refractivity contribution is 0.337. The summed E-state index contributed by atoms with van der Waals surface area (Å²) in [6.07, 6.45) is 2.25. The van der Waals surface area contributed by atoms with Crippen LogP contribution in [0.5, 0.6) is 5.75 Å². The molecule has 0 fully saturated rings. The van der Waals surface area contributed by atoms with Crippen LogP contribution in [0, 0.1) is 11.8 Å². The maximum absolute atomic E-state index is 11.6. The second-order valence-electron chi connectivity index (χ2n) is 14.0. The van der Waals surface area contributed by atoms with Crippen molar-refractivity contribution in [1.29, 1.82) is 0 Å². The van der Waals surface area contributed by atoms with E-state index in [2.05, 4.69) is 124 Å². The van der Waals surface area contributed by atoms with Crippen molar-refractivity contribution < 1.29 is 5.11 Å². The van der Waals surface area contributed by atoms with Crippen LogP contribution in [0.1, 0.15) is 104 Å². The fourth-order valence-electron chi connectivity index (χ4n) is 6.40. The number of hydrogen-bond acceptors (Lipinski definition) is 1. The summed E-state index contributed by atoms with van der Waals surface area (Å²) in [6, 6.07) is 20.4. The van der Waals surface area contributed by atoms with Crippen molar-refractivity contribution in [2.75, 3.05) is 0 Å². The SMILES string of the molecule is CC(C)CC1(CC(C)C)c2ccccc2-c2ccc(-c3cc(C(C)(C)C)cc(C(C)(C)C)c3O)cc21. The molecule has 3 aromatic carbocycles. The minimum absolute atomic E-state index is 0.00550. The van der Waals surface area contributed by atoms with Crippen molar-refractivity contribution in [3.8, 4) is 28.0 Å². The molecule has 1 aliphatic rings. The summed E-state index contributed by atoms with van der Waals surface area (Å²) >= 11 is 0. The quantitative estimate of drug-likeness (QED) is 0.383. The lowest BCUT2D eigenvalue weighted by Crippen LogP contribution is -2.29. The largest absolute Gasteiger partial charge is 0.507 e. The van der Waals surface area contributed by atoms with Crippen molar-refractivity contribution in [2.24, 2.45) is 11.8 Å². The Bertz CT molecular complexity index is 1250. The molecule has 0 aromatic heterocycles. The molecule has 0 bridgehead atoms. The molecule has 1 N–H and O–H groups in total. The van der Waals surface area contributed by atoms with E-state index >= 15 is 0 Å². The molecule has 3 aromatic rings. The van der Waals surface area contributed by atoms with Gasteiger partial charge in [0.15, 0.2) is 0 Å². The number of rotatable bonds is 5. The van der Waals surface area contributed by atoms with Gasteiger partial charge in [0.1, 0.15) is 5.75 Å². The van der Waals surface area contributed by atoms with Crippen LogP contribution >= 0.6 is 0 Å². The molecule has 0 aliphatic heterocycles. The van der Waals surface area contributed by atoms with Gasteiger partial charge in [0.25, 0.3) is 0 Å². The average molecular weight is 483 g/mol. The van der Waals surface area contributed by atoms with Gasteiger partial charge < -0.3 is 5.11 Å². The highest BCUT2D eigenvalue weighted by Crippen LogP contribution is 2.56. The van der Waals surface area contributed by atoms with Gasteiger partial charge >= 0.3 is 0 Å². The van der Waals surface area contributed by atoms with Crippen molar-refractivity contribution in [1.82, 2.24) is 0 Å². The number of phenolic OH excluding ortho intramolecular Hbond substituents is 1. The highest BCUT2D eigenvalue weighted by molar-refractivity contribution is 5.85. The normalized spacial score (nSPS) is 14.9. The van der Waals surface area contributed by atoms with Gasteiger partial charge in [-0.1, -0.05) is 112 Å². The predicted molar refractivity (Wildman–Crippen MR) is 156 cm³/mol. The van der Waals surface area contributed by atoms with E-state index < -0.39 is 0 Å². The molecule has 0 saturated carbocycles. The standard InChI is InChI=1S/C35H46O/c1-22(2)20-35(21-23(3)4)29-14-12-11-13-26(29)27-16-15-24(17-30(27)35)28-18-25(33(5,6)7)19-31(32(28)36)34(8,9)10/h11-19,22-23,36H,20-21H2,1-10H3. The van der Waals surface area contributed by atoms with E-state index in [4.69, 9.17) is 0 Å². The zero-order valence-electron chi connectivity index (χ0n) is 24.2. The van der Waals surface area contributed by atoms with Gasteiger partial charge in [-0.05, 0) is 81.0 Å². The molecule has 1 heteroatoms. The first kappa shape index (κ1) is 26.5. The first-order valence-corrected chi connectivity index (χ1v) is 13.8. The number of fused-ring (bicyclic) bond motifs is 3. The molecule has 1 nitrogen and oxygen atoms in total. The monoisotopic (exact) mass is 482 g/mol. The molecule has 0 amide bonds. The van der Waals surface area contributed by atoms with E-state index in [1.54, 1.807) is 0 Å². The Morgan fingerprint density at radius 1 is 0.667 bits per heavy atom. The van der Waals surface area contributed by atoms with Crippen LogP contribution in [0.2, 0.25) is 0 Å². The second kappa shape index (κ2) is 9.09. The highest BCUT2D eigenvalue weighted by Gasteiger charge is 2.43. The summed E-state index contributed by atoms with van der Waals surface area (Å²) in [5.41, 5.74) is 9.84. The molecule has 0 unspecified atom stereocenters. The van der Waals surface area contributed by atoms with Crippen LogP contribution in [0.15, 0.2) is 54.6 Å². The predicted octanol–water partition coefficient (Wildman–Crippen LogP) is 10.0. The third kappa shape index (κ3) is 4.62. The lowest BCUT2D eigenvalue weighted by Gasteiger charge is -2.36. The maximum Gasteiger partial charge on any atom is 0.127 e. The zero-order valence-corrected chi connectivity index (χ0v) is 24.2. The molecule has 0 spiro atoms. The van der Waals surface area contributed by atoms with Gasteiger partial charge in [0.05, 0.1) is 0 Å². The molecular formula is C35H46O. The van der Waals surface area contributed by atoms with E-state index in [0.717, 1.165) is 29.5 Å². The average Bonchev–Trinajstić information content (AvgIpc) is 3.00. The summed E-state index contributed by atoms with van der Waals surface area (Å²) in [4.78, 5) is 0.